The Morgan fingerprint density at radius 3 is 1.43 bits per heavy atom. The van der Waals surface area contributed by atoms with Crippen molar-refractivity contribution in [2.75, 3.05) is 73.0 Å². The molecule has 0 atom stereocenters. The molecule has 0 saturated carbocycles. The zero-order valence-corrected chi connectivity index (χ0v) is 43.1. The standard InChI is InChI=1S/C32H35BFN3O3.C26H23BrFN3O/c1-21-29(23-10-6-8-12-25(23)34)35-26-13-9-7-11-24(26)30(21)36-27-20-22(33-39-31(2,3)32(4,5)40-33)14-15-28(27)37-16-18-38-19-17-37;1-17-25(19-6-2-4-8-21(19)28)29-22-9-5-3-7-20(22)26(17)30-23-16-18(27)10-11-24(23)31-12-14-32-15-13-31/h6-15,20H,16-19H2,1-5H3,(H,35,36);2-11,16H,12-15H2,1H3,(H,29,30). The number of ether oxygens (including phenoxy) is 2. The van der Waals surface area contributed by atoms with Gasteiger partial charge in [0.25, 0.3) is 0 Å². The molecule has 2 aromatic heterocycles. The number of halogens is 3. The number of para-hydroxylation sites is 2. The van der Waals surface area contributed by atoms with Gasteiger partial charge in [0, 0.05) is 52.6 Å². The van der Waals surface area contributed by atoms with Crippen LogP contribution in [-0.2, 0) is 18.8 Å². The van der Waals surface area contributed by atoms with Crippen molar-refractivity contribution in [3.05, 3.63) is 161 Å². The van der Waals surface area contributed by atoms with Crippen LogP contribution in [0.15, 0.2) is 138 Å². The van der Waals surface area contributed by atoms with Crippen LogP contribution in [0.3, 0.4) is 0 Å². The highest BCUT2D eigenvalue weighted by atomic mass is 79.9. The maximum atomic E-state index is 15.0. The van der Waals surface area contributed by atoms with Gasteiger partial charge in [0.15, 0.2) is 0 Å². The van der Waals surface area contributed by atoms with E-state index in [9.17, 15) is 8.78 Å². The summed E-state index contributed by atoms with van der Waals surface area (Å²) < 4.78 is 54.6. The zero-order chi connectivity index (χ0) is 50.1. The minimum Gasteiger partial charge on any atom is -0.399 e. The molecule has 3 aliphatic rings. The molecular weight excluding hydrogens is 973 g/mol. The smallest absolute Gasteiger partial charge is 0.399 e. The van der Waals surface area contributed by atoms with Crippen LogP contribution in [0.1, 0.15) is 38.8 Å². The molecule has 3 saturated heterocycles. The molecule has 5 heterocycles. The fourth-order valence-corrected chi connectivity index (χ4v) is 9.95. The zero-order valence-electron chi connectivity index (χ0n) is 41.5. The summed E-state index contributed by atoms with van der Waals surface area (Å²) in [7, 11) is -0.492. The van der Waals surface area contributed by atoms with Crippen molar-refractivity contribution >= 4 is 84.4 Å². The van der Waals surface area contributed by atoms with Gasteiger partial charge in [0.05, 0.1) is 94.2 Å². The summed E-state index contributed by atoms with van der Waals surface area (Å²) in [5, 5.41) is 9.40. The Morgan fingerprint density at radius 2 is 0.958 bits per heavy atom. The number of nitrogens with one attached hydrogen (secondary N) is 2. The summed E-state index contributed by atoms with van der Waals surface area (Å²) in [5.41, 5.74) is 11.6. The van der Waals surface area contributed by atoms with E-state index in [1.54, 1.807) is 24.3 Å². The number of aromatic nitrogens is 2. The van der Waals surface area contributed by atoms with E-state index < -0.39 is 18.3 Å². The molecule has 0 unspecified atom stereocenters. The van der Waals surface area contributed by atoms with Crippen LogP contribution >= 0.6 is 15.9 Å². The maximum Gasteiger partial charge on any atom is 0.494 e. The molecule has 0 amide bonds. The quantitative estimate of drug-likeness (QED) is 0.136. The first kappa shape index (κ1) is 49.2. The summed E-state index contributed by atoms with van der Waals surface area (Å²) >= 11 is 3.62. The number of morpholine rings is 2. The molecule has 11 rings (SSSR count). The fourth-order valence-electron chi connectivity index (χ4n) is 9.58. The van der Waals surface area contributed by atoms with Crippen LogP contribution in [0.25, 0.3) is 44.3 Å². The van der Waals surface area contributed by atoms with Crippen LogP contribution in [0.4, 0.5) is 42.9 Å². The van der Waals surface area contributed by atoms with E-state index in [1.165, 1.54) is 12.1 Å². The van der Waals surface area contributed by atoms with Crippen molar-refractivity contribution in [2.45, 2.75) is 52.7 Å². The third-order valence-electron chi connectivity index (χ3n) is 14.3. The second kappa shape index (κ2) is 20.6. The van der Waals surface area contributed by atoms with Gasteiger partial charge in [0.1, 0.15) is 11.6 Å². The largest absolute Gasteiger partial charge is 0.494 e. The number of rotatable bonds is 9. The van der Waals surface area contributed by atoms with Gasteiger partial charge < -0.3 is 39.2 Å². The van der Waals surface area contributed by atoms with Crippen molar-refractivity contribution in [3.63, 3.8) is 0 Å². The molecular formula is C58H58BBrF2N6O4. The Balaban J connectivity index is 0.000000170. The summed E-state index contributed by atoms with van der Waals surface area (Å²) in [5.74, 6) is -0.572. The molecule has 3 aliphatic heterocycles. The highest BCUT2D eigenvalue weighted by Gasteiger charge is 2.52. The predicted octanol–water partition coefficient (Wildman–Crippen LogP) is 12.9. The van der Waals surface area contributed by atoms with Crippen molar-refractivity contribution in [1.82, 2.24) is 9.97 Å². The Hall–Kier alpha value is -6.42. The van der Waals surface area contributed by atoms with Crippen molar-refractivity contribution in [3.8, 4) is 22.5 Å². The molecule has 8 aromatic rings. The van der Waals surface area contributed by atoms with Gasteiger partial charge in [-0.1, -0.05) is 82.7 Å². The minimum atomic E-state index is -0.492. The summed E-state index contributed by atoms with van der Waals surface area (Å²) in [4.78, 5) is 14.4. The number of hydrogen-bond acceptors (Lipinski definition) is 10. The third kappa shape index (κ3) is 9.90. The van der Waals surface area contributed by atoms with Gasteiger partial charge in [-0.05, 0) is 125 Å². The highest BCUT2D eigenvalue weighted by molar-refractivity contribution is 9.10. The first-order valence-electron chi connectivity index (χ1n) is 24.5. The molecule has 2 N–H and O–H groups in total. The van der Waals surface area contributed by atoms with E-state index in [4.69, 9.17) is 28.8 Å². The normalized spacial score (nSPS) is 16.4. The predicted molar refractivity (Wildman–Crippen MR) is 293 cm³/mol. The first-order valence-corrected chi connectivity index (χ1v) is 25.3. The molecule has 72 heavy (non-hydrogen) atoms. The van der Waals surface area contributed by atoms with Gasteiger partial charge in [-0.3, -0.25) is 0 Å². The van der Waals surface area contributed by atoms with Gasteiger partial charge in [-0.15, -0.1) is 0 Å². The van der Waals surface area contributed by atoms with Crippen LogP contribution in [-0.4, -0.2) is 80.9 Å². The number of fused-ring (bicyclic) bond motifs is 2. The lowest BCUT2D eigenvalue weighted by molar-refractivity contribution is 0.00578. The Bertz CT molecular complexity index is 3280. The molecule has 0 spiro atoms. The molecule has 3 fully saturated rings. The average Bonchev–Trinajstić information content (AvgIpc) is 3.62. The Kier molecular flexibility index (Phi) is 14.1. The van der Waals surface area contributed by atoms with Gasteiger partial charge in [0.2, 0.25) is 0 Å². The van der Waals surface area contributed by atoms with E-state index in [2.05, 4.69) is 113 Å². The molecule has 0 aliphatic carbocycles. The third-order valence-corrected chi connectivity index (χ3v) is 14.8. The molecule has 6 aromatic carbocycles. The first-order chi connectivity index (χ1) is 34.8. The van der Waals surface area contributed by atoms with Gasteiger partial charge in [-0.2, -0.15) is 0 Å². The molecule has 0 radical (unpaired) electrons. The van der Waals surface area contributed by atoms with Crippen LogP contribution in [0.2, 0.25) is 0 Å². The number of anilines is 6. The number of hydrogen-bond donors (Lipinski definition) is 2. The highest BCUT2D eigenvalue weighted by Crippen LogP contribution is 2.42. The monoisotopic (exact) mass is 1030 g/mol. The minimum absolute atomic E-state index is 0.277. The second-order valence-electron chi connectivity index (χ2n) is 19.4. The molecule has 0 bridgehead atoms. The van der Waals surface area contributed by atoms with E-state index in [0.717, 1.165) is 103 Å². The number of nitrogens with zero attached hydrogens (tertiary/aromatic N) is 4. The summed E-state index contributed by atoms with van der Waals surface area (Å²) in [6, 6.07) is 42.1. The summed E-state index contributed by atoms with van der Waals surface area (Å²) in [6.07, 6.45) is 0. The van der Waals surface area contributed by atoms with E-state index in [-0.39, 0.29) is 11.6 Å². The molecule has 14 heteroatoms. The fraction of sp³-hybridized carbons (Fsp3) is 0.276. The van der Waals surface area contributed by atoms with Gasteiger partial charge >= 0.3 is 7.12 Å². The topological polar surface area (TPSA) is 93.2 Å². The van der Waals surface area contributed by atoms with Crippen LogP contribution in [0.5, 0.6) is 0 Å². The van der Waals surface area contributed by atoms with E-state index >= 15 is 0 Å². The SMILES string of the molecule is Cc1c(-c2ccccc2F)nc2ccccc2c1Nc1cc(B2OC(C)(C)C(C)(C)O2)ccc1N1CCOCC1.Cc1c(-c2ccccc2F)nc2ccccc2c1Nc1cc(Br)ccc1N1CCOCC1. The average molecular weight is 1030 g/mol. The van der Waals surface area contributed by atoms with Crippen LogP contribution < -0.4 is 25.9 Å². The van der Waals surface area contributed by atoms with Gasteiger partial charge in [-0.25, -0.2) is 18.7 Å². The van der Waals surface area contributed by atoms with Crippen LogP contribution in [0, 0.1) is 25.5 Å². The molecule has 368 valence electrons. The number of pyridine rings is 2. The maximum absolute atomic E-state index is 15.0. The van der Waals surface area contributed by atoms with Crippen molar-refractivity contribution in [2.24, 2.45) is 0 Å². The summed E-state index contributed by atoms with van der Waals surface area (Å²) in [6.45, 7) is 18.3. The Labute approximate surface area is 429 Å². The van der Waals surface area contributed by atoms with E-state index in [1.807, 2.05) is 62.4 Å². The second-order valence-corrected chi connectivity index (χ2v) is 20.3. The molecule has 10 nitrogen and oxygen atoms in total. The lowest BCUT2D eigenvalue weighted by Gasteiger charge is -2.32. The number of benzene rings is 6. The lowest BCUT2D eigenvalue weighted by atomic mass is 9.78. The van der Waals surface area contributed by atoms with Crippen molar-refractivity contribution in [1.29, 1.82) is 0 Å². The van der Waals surface area contributed by atoms with E-state index in [0.29, 0.717) is 48.9 Å². The van der Waals surface area contributed by atoms with Crippen molar-refractivity contribution < 1.29 is 27.6 Å². The Morgan fingerprint density at radius 1 is 0.542 bits per heavy atom. The lowest BCUT2D eigenvalue weighted by Crippen LogP contribution is -2.41.